The number of nitrogens with zero attached hydrogens (tertiary/aromatic N) is 1. The molecular weight excluding hydrogens is 472 g/mol. The predicted octanol–water partition coefficient (Wildman–Crippen LogP) is 4.79. The van der Waals surface area contributed by atoms with Crippen molar-refractivity contribution >= 4 is 55.2 Å². The maximum Gasteiger partial charge on any atom is 0.271 e. The summed E-state index contributed by atoms with van der Waals surface area (Å²) in [6.45, 7) is 0. The van der Waals surface area contributed by atoms with Crippen molar-refractivity contribution in [1.82, 2.24) is 0 Å². The van der Waals surface area contributed by atoms with Gasteiger partial charge in [-0.05, 0) is 40.2 Å². The monoisotopic (exact) mass is 484 g/mol. The van der Waals surface area contributed by atoms with E-state index in [0.29, 0.717) is 17.1 Å². The van der Waals surface area contributed by atoms with Crippen LogP contribution >= 0.6 is 31.9 Å². The Morgan fingerprint density at radius 1 is 1.19 bits per heavy atom. The minimum Gasteiger partial charge on any atom is -0.495 e. The predicted molar refractivity (Wildman–Crippen MR) is 106 cm³/mol. The molecule has 0 radical (unpaired) electrons. The Morgan fingerprint density at radius 3 is 2.54 bits per heavy atom. The lowest BCUT2D eigenvalue weighted by Crippen LogP contribution is -2.09. The Kier molecular flexibility index (Phi) is 6.76. The number of amides is 1. The molecule has 0 unspecified atom stereocenters. The van der Waals surface area contributed by atoms with Crippen molar-refractivity contribution in [3.05, 3.63) is 61.0 Å². The summed E-state index contributed by atoms with van der Waals surface area (Å²) >= 11 is 6.77. The van der Waals surface area contributed by atoms with Crippen LogP contribution < -0.4 is 14.8 Å². The van der Waals surface area contributed by atoms with Gasteiger partial charge in [-0.25, -0.2) is 0 Å². The van der Waals surface area contributed by atoms with Crippen LogP contribution in [-0.2, 0) is 4.79 Å². The van der Waals surface area contributed by atoms with E-state index in [0.717, 1.165) is 8.95 Å². The van der Waals surface area contributed by atoms with E-state index in [1.807, 2.05) is 6.07 Å². The number of nitro benzene ring substituents is 1. The molecular formula is C17H14Br2N2O5. The van der Waals surface area contributed by atoms with E-state index in [9.17, 15) is 14.9 Å². The standard InChI is InChI=1S/C17H14Br2N2O5/c1-25-15-5-4-12(21(23)24)9-14(15)20-16(22)6-3-10-7-11(18)8-13(19)17(10)26-2/h3-9H,1-2H3,(H,20,22)/b6-3+. The van der Waals surface area contributed by atoms with E-state index < -0.39 is 10.8 Å². The maximum absolute atomic E-state index is 12.2. The fraction of sp³-hybridized carbons (Fsp3) is 0.118. The molecule has 0 aliphatic heterocycles. The molecule has 1 N–H and O–H groups in total. The van der Waals surface area contributed by atoms with Crippen LogP contribution in [0.5, 0.6) is 11.5 Å². The first-order valence-electron chi connectivity index (χ1n) is 7.20. The molecule has 0 aliphatic rings. The second-order valence-electron chi connectivity index (χ2n) is 4.97. The van der Waals surface area contributed by atoms with Gasteiger partial charge < -0.3 is 14.8 Å². The average Bonchev–Trinajstić information content (AvgIpc) is 2.59. The number of hydrogen-bond donors (Lipinski definition) is 1. The summed E-state index contributed by atoms with van der Waals surface area (Å²) in [5, 5.41) is 13.5. The van der Waals surface area contributed by atoms with Gasteiger partial charge in [0.1, 0.15) is 11.5 Å². The topological polar surface area (TPSA) is 90.7 Å². The van der Waals surface area contributed by atoms with Gasteiger partial charge in [0.25, 0.3) is 5.69 Å². The van der Waals surface area contributed by atoms with Gasteiger partial charge >= 0.3 is 0 Å². The second kappa shape index (κ2) is 8.81. The van der Waals surface area contributed by atoms with E-state index >= 15 is 0 Å². The van der Waals surface area contributed by atoms with Crippen LogP contribution in [0.25, 0.3) is 6.08 Å². The van der Waals surface area contributed by atoms with Crippen LogP contribution in [0.2, 0.25) is 0 Å². The molecule has 0 saturated heterocycles. The van der Waals surface area contributed by atoms with E-state index in [2.05, 4.69) is 37.2 Å². The molecule has 0 saturated carbocycles. The number of anilines is 1. The fourth-order valence-electron chi connectivity index (χ4n) is 2.17. The lowest BCUT2D eigenvalue weighted by molar-refractivity contribution is -0.384. The highest BCUT2D eigenvalue weighted by molar-refractivity contribution is 9.11. The molecule has 0 aromatic heterocycles. The molecule has 1 amide bonds. The molecule has 2 aromatic carbocycles. The van der Waals surface area contributed by atoms with Crippen molar-refractivity contribution in [3.8, 4) is 11.5 Å². The number of rotatable bonds is 6. The maximum atomic E-state index is 12.2. The molecule has 0 atom stereocenters. The number of halogens is 2. The lowest BCUT2D eigenvalue weighted by Gasteiger charge is -2.09. The summed E-state index contributed by atoms with van der Waals surface area (Å²) in [5.74, 6) is 0.423. The third-order valence-corrected chi connectivity index (χ3v) is 4.35. The minimum atomic E-state index is -0.547. The number of carbonyl (C=O) groups is 1. The summed E-state index contributed by atoms with van der Waals surface area (Å²) in [7, 11) is 2.94. The molecule has 2 aromatic rings. The number of nitro groups is 1. The second-order valence-corrected chi connectivity index (χ2v) is 6.74. The normalized spacial score (nSPS) is 10.6. The molecule has 0 heterocycles. The van der Waals surface area contributed by atoms with E-state index in [-0.39, 0.29) is 11.4 Å². The Bertz CT molecular complexity index is 884. The van der Waals surface area contributed by atoms with Gasteiger partial charge in [-0.1, -0.05) is 15.9 Å². The lowest BCUT2D eigenvalue weighted by atomic mass is 10.2. The smallest absolute Gasteiger partial charge is 0.271 e. The first-order chi connectivity index (χ1) is 12.3. The van der Waals surface area contributed by atoms with Gasteiger partial charge in [0.05, 0.1) is 29.3 Å². The molecule has 26 heavy (non-hydrogen) atoms. The van der Waals surface area contributed by atoms with Crippen molar-refractivity contribution in [2.24, 2.45) is 0 Å². The highest BCUT2D eigenvalue weighted by Gasteiger charge is 2.13. The van der Waals surface area contributed by atoms with E-state index in [1.165, 1.54) is 38.5 Å². The molecule has 136 valence electrons. The molecule has 9 heteroatoms. The largest absolute Gasteiger partial charge is 0.495 e. The van der Waals surface area contributed by atoms with Crippen molar-refractivity contribution in [1.29, 1.82) is 0 Å². The summed E-state index contributed by atoms with van der Waals surface area (Å²) in [5.41, 5.74) is 0.733. The summed E-state index contributed by atoms with van der Waals surface area (Å²) in [6, 6.07) is 7.58. The molecule has 0 bridgehead atoms. The van der Waals surface area contributed by atoms with Gasteiger partial charge in [0.15, 0.2) is 0 Å². The first-order valence-corrected chi connectivity index (χ1v) is 8.79. The van der Waals surface area contributed by atoms with E-state index in [4.69, 9.17) is 9.47 Å². The van der Waals surface area contributed by atoms with Crippen molar-refractivity contribution < 1.29 is 19.2 Å². The van der Waals surface area contributed by atoms with Crippen LogP contribution in [-0.4, -0.2) is 25.1 Å². The van der Waals surface area contributed by atoms with Gasteiger partial charge in [-0.3, -0.25) is 14.9 Å². The van der Waals surface area contributed by atoms with Crippen LogP contribution in [0.3, 0.4) is 0 Å². The van der Waals surface area contributed by atoms with Gasteiger partial charge in [0, 0.05) is 28.2 Å². The van der Waals surface area contributed by atoms with E-state index in [1.54, 1.807) is 12.1 Å². The van der Waals surface area contributed by atoms with Crippen LogP contribution in [0.4, 0.5) is 11.4 Å². The van der Waals surface area contributed by atoms with Crippen LogP contribution in [0, 0.1) is 10.1 Å². The molecule has 0 spiro atoms. The highest BCUT2D eigenvalue weighted by atomic mass is 79.9. The Balaban J connectivity index is 2.26. The zero-order chi connectivity index (χ0) is 19.3. The quantitative estimate of drug-likeness (QED) is 0.361. The average molecular weight is 486 g/mol. The number of methoxy groups -OCH3 is 2. The summed E-state index contributed by atoms with van der Waals surface area (Å²) in [4.78, 5) is 22.6. The fourth-order valence-corrected chi connectivity index (χ4v) is 3.59. The van der Waals surface area contributed by atoms with Gasteiger partial charge in [-0.15, -0.1) is 0 Å². The van der Waals surface area contributed by atoms with Gasteiger partial charge in [0.2, 0.25) is 5.91 Å². The van der Waals surface area contributed by atoms with Gasteiger partial charge in [-0.2, -0.15) is 0 Å². The highest BCUT2D eigenvalue weighted by Crippen LogP contribution is 2.33. The third kappa shape index (κ3) is 4.83. The SMILES string of the molecule is COc1ccc([N+](=O)[O-])cc1NC(=O)/C=C/c1cc(Br)cc(Br)c1OC. The van der Waals surface area contributed by atoms with Crippen LogP contribution in [0.15, 0.2) is 45.4 Å². The number of carbonyl (C=O) groups excluding carboxylic acids is 1. The zero-order valence-corrected chi connectivity index (χ0v) is 17.0. The van der Waals surface area contributed by atoms with Crippen molar-refractivity contribution in [2.45, 2.75) is 0 Å². The Hall–Kier alpha value is -2.39. The van der Waals surface area contributed by atoms with Crippen molar-refractivity contribution in [3.63, 3.8) is 0 Å². The minimum absolute atomic E-state index is 0.150. The molecule has 2 rings (SSSR count). The molecule has 0 fully saturated rings. The number of ether oxygens (including phenoxy) is 2. The number of benzene rings is 2. The Labute approximate surface area is 166 Å². The summed E-state index contributed by atoms with van der Waals surface area (Å²) in [6.07, 6.45) is 2.88. The number of non-ortho nitro benzene ring substituents is 1. The summed E-state index contributed by atoms with van der Waals surface area (Å²) < 4.78 is 12.0. The zero-order valence-electron chi connectivity index (χ0n) is 13.8. The number of hydrogen-bond acceptors (Lipinski definition) is 5. The number of nitrogens with one attached hydrogen (secondary N) is 1. The first kappa shape index (κ1) is 19.9. The Morgan fingerprint density at radius 2 is 1.92 bits per heavy atom. The molecule has 7 nitrogen and oxygen atoms in total. The van der Waals surface area contributed by atoms with Crippen molar-refractivity contribution in [2.75, 3.05) is 19.5 Å². The van der Waals surface area contributed by atoms with Crippen LogP contribution in [0.1, 0.15) is 5.56 Å². The third-order valence-electron chi connectivity index (χ3n) is 3.31. The molecule has 0 aliphatic carbocycles.